The van der Waals surface area contributed by atoms with Gasteiger partial charge in [0.1, 0.15) is 18.0 Å². The molecule has 1 saturated heterocycles. The molecule has 25 heavy (non-hydrogen) atoms. The molecule has 0 spiro atoms. The van der Waals surface area contributed by atoms with Crippen LogP contribution < -0.4 is 0 Å². The molecule has 2 aromatic rings. The first kappa shape index (κ1) is 17.1. The van der Waals surface area contributed by atoms with Gasteiger partial charge in [0.05, 0.1) is 18.5 Å². The van der Waals surface area contributed by atoms with Gasteiger partial charge in [0.2, 0.25) is 11.8 Å². The van der Waals surface area contributed by atoms with E-state index in [1.807, 2.05) is 0 Å². The lowest BCUT2D eigenvalue weighted by Crippen LogP contribution is -2.36. The van der Waals surface area contributed by atoms with Crippen LogP contribution in [0, 0.1) is 11.7 Å². The van der Waals surface area contributed by atoms with Crippen molar-refractivity contribution in [2.75, 3.05) is 14.1 Å². The molecule has 1 aliphatic rings. The molecule has 0 bridgehead atoms. The van der Waals surface area contributed by atoms with Gasteiger partial charge in [-0.2, -0.15) is 5.10 Å². The molecule has 8 heteroatoms. The largest absolute Gasteiger partial charge is 0.338 e. The molecule has 2 amide bonds. The van der Waals surface area contributed by atoms with E-state index in [1.54, 1.807) is 47.8 Å². The molecule has 0 unspecified atom stereocenters. The smallest absolute Gasteiger partial charge is 0.228 e. The molecule has 2 heterocycles. The Bertz CT molecular complexity index is 789. The fourth-order valence-electron chi connectivity index (χ4n) is 3.24. The summed E-state index contributed by atoms with van der Waals surface area (Å²) in [6.45, 7) is 0.305. The van der Waals surface area contributed by atoms with E-state index < -0.39 is 12.0 Å². The van der Waals surface area contributed by atoms with Crippen molar-refractivity contribution >= 4 is 11.8 Å². The molecule has 0 aliphatic carbocycles. The van der Waals surface area contributed by atoms with Crippen LogP contribution in [-0.2, 0) is 23.2 Å². The third kappa shape index (κ3) is 3.24. The van der Waals surface area contributed by atoms with Crippen molar-refractivity contribution in [3.8, 4) is 0 Å². The van der Waals surface area contributed by atoms with Crippen LogP contribution in [0.1, 0.15) is 23.9 Å². The van der Waals surface area contributed by atoms with Crippen LogP contribution >= 0.6 is 0 Å². The summed E-state index contributed by atoms with van der Waals surface area (Å²) in [5, 5.41) is 3.99. The van der Waals surface area contributed by atoms with E-state index in [0.29, 0.717) is 12.4 Å². The molecule has 132 valence electrons. The van der Waals surface area contributed by atoms with Crippen molar-refractivity contribution in [1.82, 2.24) is 24.6 Å². The monoisotopic (exact) mass is 345 g/mol. The highest BCUT2D eigenvalue weighted by atomic mass is 19.1. The standard InChI is InChI=1S/C17H20FN5O2/c1-21(9-14-19-10-20-23(14)3)17(25)13-8-15(24)22(2)16(13)11-4-6-12(18)7-5-11/h4-7,10,13,16H,8-9H2,1-3H3/t13-,16+/m0/s1. The van der Waals surface area contributed by atoms with E-state index >= 15 is 0 Å². The van der Waals surface area contributed by atoms with Crippen molar-refractivity contribution in [1.29, 1.82) is 0 Å². The van der Waals surface area contributed by atoms with Crippen molar-refractivity contribution in [3.63, 3.8) is 0 Å². The van der Waals surface area contributed by atoms with Gasteiger partial charge in [0, 0.05) is 27.6 Å². The molecule has 1 aromatic heterocycles. The molecular formula is C17H20FN5O2. The third-order valence-electron chi connectivity index (χ3n) is 4.67. The van der Waals surface area contributed by atoms with Crippen LogP contribution in [0.4, 0.5) is 4.39 Å². The minimum atomic E-state index is -0.513. The zero-order chi connectivity index (χ0) is 18.1. The number of halogens is 1. The molecule has 0 N–H and O–H groups in total. The van der Waals surface area contributed by atoms with Gasteiger partial charge in [-0.05, 0) is 17.7 Å². The fraction of sp³-hybridized carbons (Fsp3) is 0.412. The molecule has 2 atom stereocenters. The van der Waals surface area contributed by atoms with Crippen LogP contribution in [0.2, 0.25) is 0 Å². The van der Waals surface area contributed by atoms with Gasteiger partial charge in [-0.25, -0.2) is 9.37 Å². The average molecular weight is 345 g/mol. The Morgan fingerprint density at radius 1 is 1.32 bits per heavy atom. The number of amides is 2. The van der Waals surface area contributed by atoms with Gasteiger partial charge < -0.3 is 9.80 Å². The summed E-state index contributed by atoms with van der Waals surface area (Å²) in [7, 11) is 5.11. The van der Waals surface area contributed by atoms with Crippen LogP contribution in [0.5, 0.6) is 0 Å². The number of benzene rings is 1. The lowest BCUT2D eigenvalue weighted by atomic mass is 9.92. The summed E-state index contributed by atoms with van der Waals surface area (Å²) in [4.78, 5) is 32.4. The summed E-state index contributed by atoms with van der Waals surface area (Å²) >= 11 is 0. The van der Waals surface area contributed by atoms with E-state index in [2.05, 4.69) is 10.1 Å². The number of carbonyl (C=O) groups is 2. The number of aromatic nitrogens is 3. The normalized spacial score (nSPS) is 20.2. The van der Waals surface area contributed by atoms with Crippen LogP contribution in [0.15, 0.2) is 30.6 Å². The van der Waals surface area contributed by atoms with Gasteiger partial charge >= 0.3 is 0 Å². The van der Waals surface area contributed by atoms with E-state index in [4.69, 9.17) is 0 Å². The lowest BCUT2D eigenvalue weighted by molar-refractivity contribution is -0.136. The van der Waals surface area contributed by atoms with Gasteiger partial charge in [-0.15, -0.1) is 0 Å². The Hall–Kier alpha value is -2.77. The summed E-state index contributed by atoms with van der Waals surface area (Å²) in [5.41, 5.74) is 0.750. The Labute approximate surface area is 145 Å². The molecule has 0 saturated carbocycles. The first-order valence-electron chi connectivity index (χ1n) is 7.97. The number of carbonyl (C=O) groups excluding carboxylic acids is 2. The summed E-state index contributed by atoms with van der Waals surface area (Å²) < 4.78 is 14.8. The predicted molar refractivity (Wildman–Crippen MR) is 87.5 cm³/mol. The van der Waals surface area contributed by atoms with E-state index in [-0.39, 0.29) is 24.1 Å². The highest BCUT2D eigenvalue weighted by Crippen LogP contribution is 2.38. The molecule has 7 nitrogen and oxygen atoms in total. The van der Waals surface area contributed by atoms with E-state index in [9.17, 15) is 14.0 Å². The molecule has 0 radical (unpaired) electrons. The van der Waals surface area contributed by atoms with Gasteiger partial charge in [-0.1, -0.05) is 12.1 Å². The Kier molecular flexibility index (Phi) is 4.52. The van der Waals surface area contributed by atoms with Crippen molar-refractivity contribution in [3.05, 3.63) is 47.8 Å². The summed E-state index contributed by atoms with van der Waals surface area (Å²) in [6.07, 6.45) is 1.57. The first-order valence-corrected chi connectivity index (χ1v) is 7.97. The number of hydrogen-bond donors (Lipinski definition) is 0. The molecule has 1 fully saturated rings. The van der Waals surface area contributed by atoms with E-state index in [1.165, 1.54) is 18.5 Å². The molecule has 1 aromatic carbocycles. The number of likely N-dealkylation sites (tertiary alicyclic amines) is 1. The number of rotatable bonds is 4. The van der Waals surface area contributed by atoms with Crippen molar-refractivity contribution < 1.29 is 14.0 Å². The zero-order valence-electron chi connectivity index (χ0n) is 14.4. The quantitative estimate of drug-likeness (QED) is 0.833. The maximum absolute atomic E-state index is 13.2. The van der Waals surface area contributed by atoms with Crippen molar-refractivity contribution in [2.24, 2.45) is 13.0 Å². The molecular weight excluding hydrogens is 325 g/mol. The summed E-state index contributed by atoms with van der Waals surface area (Å²) in [6, 6.07) is 5.53. The SMILES string of the molecule is CN(Cc1ncnn1C)C(=O)[C@H]1CC(=O)N(C)[C@@H]1c1ccc(F)cc1. The number of nitrogens with zero attached hydrogens (tertiary/aromatic N) is 5. The van der Waals surface area contributed by atoms with E-state index in [0.717, 1.165) is 5.56 Å². The predicted octanol–water partition coefficient (Wildman–Crippen LogP) is 1.13. The second-order valence-corrected chi connectivity index (χ2v) is 6.31. The van der Waals surface area contributed by atoms with Crippen molar-refractivity contribution in [2.45, 2.75) is 19.0 Å². The topological polar surface area (TPSA) is 71.3 Å². The Morgan fingerprint density at radius 3 is 2.60 bits per heavy atom. The summed E-state index contributed by atoms with van der Waals surface area (Å²) in [5.74, 6) is -0.444. The van der Waals surface area contributed by atoms with Crippen LogP contribution in [-0.4, -0.2) is 50.5 Å². The maximum atomic E-state index is 13.2. The van der Waals surface area contributed by atoms with Gasteiger partial charge in [0.25, 0.3) is 0 Å². The first-order chi connectivity index (χ1) is 11.9. The number of hydrogen-bond acceptors (Lipinski definition) is 4. The second-order valence-electron chi connectivity index (χ2n) is 6.31. The average Bonchev–Trinajstić information content (AvgIpc) is 3.12. The van der Waals surface area contributed by atoms with Gasteiger partial charge in [0.15, 0.2) is 0 Å². The highest BCUT2D eigenvalue weighted by molar-refractivity contribution is 5.90. The maximum Gasteiger partial charge on any atom is 0.228 e. The molecule has 3 rings (SSSR count). The Balaban J connectivity index is 1.83. The van der Waals surface area contributed by atoms with Crippen LogP contribution in [0.3, 0.4) is 0 Å². The fourth-order valence-corrected chi connectivity index (χ4v) is 3.24. The minimum absolute atomic E-state index is 0.0975. The highest BCUT2D eigenvalue weighted by Gasteiger charge is 2.43. The van der Waals surface area contributed by atoms with Crippen LogP contribution in [0.25, 0.3) is 0 Å². The molecule has 1 aliphatic heterocycles. The number of aryl methyl sites for hydroxylation is 1. The lowest BCUT2D eigenvalue weighted by Gasteiger charge is -2.27. The van der Waals surface area contributed by atoms with Gasteiger partial charge in [-0.3, -0.25) is 14.3 Å². The Morgan fingerprint density at radius 2 is 2.00 bits per heavy atom. The zero-order valence-corrected chi connectivity index (χ0v) is 14.4. The second kappa shape index (κ2) is 6.62. The third-order valence-corrected chi connectivity index (χ3v) is 4.67. The minimum Gasteiger partial charge on any atom is -0.338 e.